The summed E-state index contributed by atoms with van der Waals surface area (Å²) >= 11 is 0. The average molecular weight is 280 g/mol. The molecule has 7 nitrogen and oxygen atoms in total. The highest BCUT2D eigenvalue weighted by atomic mass is 19.1. The summed E-state index contributed by atoms with van der Waals surface area (Å²) < 4.78 is 18.6. The molecule has 0 radical (unpaired) electrons. The number of amides is 3. The quantitative estimate of drug-likeness (QED) is 0.633. The largest absolute Gasteiger partial charge is 0.479 e. The molecule has 8 heteroatoms. The molecule has 1 unspecified atom stereocenters. The predicted octanol–water partition coefficient (Wildman–Crippen LogP) is 0.0961. The molecule has 3 N–H and O–H groups in total. The van der Waals surface area contributed by atoms with E-state index in [1.807, 2.05) is 5.32 Å². The number of urea groups is 1. The average Bonchev–Trinajstić information content (AvgIpc) is 2.65. The zero-order valence-electron chi connectivity index (χ0n) is 9.97. The fourth-order valence-electron chi connectivity index (χ4n) is 2.48. The minimum Gasteiger partial charge on any atom is -0.479 e. The van der Waals surface area contributed by atoms with Gasteiger partial charge < -0.3 is 15.2 Å². The van der Waals surface area contributed by atoms with Gasteiger partial charge in [0.05, 0.1) is 0 Å². The molecular formula is C12H9FN2O5. The maximum atomic E-state index is 13.4. The molecule has 2 heterocycles. The van der Waals surface area contributed by atoms with Gasteiger partial charge in [0.25, 0.3) is 5.91 Å². The number of carbonyl (C=O) groups is 3. The minimum atomic E-state index is -1.62. The molecule has 2 aliphatic heterocycles. The number of carboxylic acids is 1. The number of hydrogen-bond donors (Lipinski definition) is 3. The molecule has 0 bridgehead atoms. The first-order valence-corrected chi connectivity index (χ1v) is 5.75. The van der Waals surface area contributed by atoms with E-state index in [4.69, 9.17) is 9.84 Å². The molecule has 0 saturated carbocycles. The molecule has 1 aromatic rings. The van der Waals surface area contributed by atoms with Gasteiger partial charge >= 0.3 is 12.0 Å². The van der Waals surface area contributed by atoms with Crippen molar-refractivity contribution in [1.82, 2.24) is 10.6 Å². The van der Waals surface area contributed by atoms with E-state index in [9.17, 15) is 18.8 Å². The summed E-state index contributed by atoms with van der Waals surface area (Å²) in [6.45, 7) is 0. The number of rotatable bonds is 1. The Balaban J connectivity index is 2.18. The van der Waals surface area contributed by atoms with Gasteiger partial charge in [-0.25, -0.2) is 14.0 Å². The number of hydrogen-bond acceptors (Lipinski definition) is 4. The fourth-order valence-corrected chi connectivity index (χ4v) is 2.48. The van der Waals surface area contributed by atoms with Crippen LogP contribution in [-0.4, -0.2) is 29.1 Å². The predicted molar refractivity (Wildman–Crippen MR) is 61.4 cm³/mol. The van der Waals surface area contributed by atoms with Gasteiger partial charge in [0.1, 0.15) is 11.6 Å². The van der Waals surface area contributed by atoms with E-state index < -0.39 is 35.4 Å². The third-order valence-corrected chi connectivity index (χ3v) is 3.38. The molecule has 1 saturated heterocycles. The summed E-state index contributed by atoms with van der Waals surface area (Å²) in [7, 11) is 0. The maximum Gasteiger partial charge on any atom is 0.345 e. The standard InChI is InChI=1S/C12H9FN2O5/c13-5-1-2-7-6(3-5)12(4-8(20-7)9(16)17)10(18)14-11(19)15-12/h1-3,8H,4H2,(H,16,17)(H2,14,15,18,19)/t8-,12?/m1/s1. The molecule has 1 aromatic carbocycles. The van der Waals surface area contributed by atoms with Gasteiger partial charge in [0, 0.05) is 12.0 Å². The highest BCUT2D eigenvalue weighted by Crippen LogP contribution is 2.41. The Hall–Kier alpha value is -2.64. The number of fused-ring (bicyclic) bond motifs is 2. The molecule has 0 aromatic heterocycles. The Morgan fingerprint density at radius 2 is 2.20 bits per heavy atom. The van der Waals surface area contributed by atoms with E-state index in [1.54, 1.807) is 0 Å². The fraction of sp³-hybridized carbons (Fsp3) is 0.250. The van der Waals surface area contributed by atoms with Gasteiger partial charge in [-0.1, -0.05) is 0 Å². The van der Waals surface area contributed by atoms with Crippen molar-refractivity contribution >= 4 is 17.9 Å². The molecule has 1 fully saturated rings. The van der Waals surface area contributed by atoms with Crippen LogP contribution < -0.4 is 15.4 Å². The molecule has 2 aliphatic rings. The molecule has 2 atom stereocenters. The SMILES string of the molecule is O=C1NC(=O)C2(C[C@H](C(=O)O)Oc3ccc(F)cc32)N1. The van der Waals surface area contributed by atoms with Crippen molar-refractivity contribution in [2.45, 2.75) is 18.1 Å². The topological polar surface area (TPSA) is 105 Å². The lowest BCUT2D eigenvalue weighted by molar-refractivity contribution is -0.147. The monoisotopic (exact) mass is 280 g/mol. The molecule has 1 spiro atoms. The lowest BCUT2D eigenvalue weighted by atomic mass is 9.82. The summed E-state index contributed by atoms with van der Waals surface area (Å²) in [5, 5.41) is 13.5. The second-order valence-electron chi connectivity index (χ2n) is 4.60. The van der Waals surface area contributed by atoms with Crippen LogP contribution in [0.3, 0.4) is 0 Å². The number of aliphatic carboxylic acids is 1. The number of imide groups is 1. The van der Waals surface area contributed by atoms with E-state index in [2.05, 4.69) is 5.32 Å². The lowest BCUT2D eigenvalue weighted by Gasteiger charge is -2.35. The number of ether oxygens (including phenoxy) is 1. The van der Waals surface area contributed by atoms with Crippen molar-refractivity contribution in [3.8, 4) is 5.75 Å². The van der Waals surface area contributed by atoms with Crippen LogP contribution in [0.2, 0.25) is 0 Å². The highest BCUT2D eigenvalue weighted by Gasteiger charge is 2.54. The van der Waals surface area contributed by atoms with Crippen molar-refractivity contribution < 1.29 is 28.6 Å². The van der Waals surface area contributed by atoms with Gasteiger partial charge in [-0.05, 0) is 18.2 Å². The zero-order chi connectivity index (χ0) is 14.5. The highest BCUT2D eigenvalue weighted by molar-refractivity contribution is 6.08. The Kier molecular flexibility index (Phi) is 2.43. The lowest BCUT2D eigenvalue weighted by Crippen LogP contribution is -2.52. The number of carbonyl (C=O) groups excluding carboxylic acids is 2. The second-order valence-corrected chi connectivity index (χ2v) is 4.60. The van der Waals surface area contributed by atoms with Crippen molar-refractivity contribution in [2.75, 3.05) is 0 Å². The Morgan fingerprint density at radius 3 is 2.80 bits per heavy atom. The van der Waals surface area contributed by atoms with Crippen LogP contribution in [0.15, 0.2) is 18.2 Å². The van der Waals surface area contributed by atoms with Crippen LogP contribution in [0.4, 0.5) is 9.18 Å². The Labute approximate surface area is 111 Å². The van der Waals surface area contributed by atoms with Gasteiger partial charge in [0.2, 0.25) is 0 Å². The molecule has 3 amide bonds. The van der Waals surface area contributed by atoms with E-state index >= 15 is 0 Å². The van der Waals surface area contributed by atoms with Crippen LogP contribution >= 0.6 is 0 Å². The number of halogens is 1. The van der Waals surface area contributed by atoms with Crippen molar-refractivity contribution in [2.24, 2.45) is 0 Å². The first-order valence-electron chi connectivity index (χ1n) is 5.75. The van der Waals surface area contributed by atoms with Gasteiger partial charge in [0.15, 0.2) is 11.6 Å². The second kappa shape index (κ2) is 3.92. The smallest absolute Gasteiger partial charge is 0.345 e. The summed E-state index contributed by atoms with van der Waals surface area (Å²) in [4.78, 5) is 34.5. The molecule has 3 rings (SSSR count). The van der Waals surface area contributed by atoms with Gasteiger partial charge in [-0.2, -0.15) is 0 Å². The van der Waals surface area contributed by atoms with Crippen molar-refractivity contribution in [3.63, 3.8) is 0 Å². The van der Waals surface area contributed by atoms with Crippen LogP contribution in [-0.2, 0) is 15.1 Å². The molecule has 104 valence electrons. The zero-order valence-corrected chi connectivity index (χ0v) is 9.97. The maximum absolute atomic E-state index is 13.4. The first kappa shape index (κ1) is 12.4. The van der Waals surface area contributed by atoms with Crippen LogP contribution in [0.25, 0.3) is 0 Å². The number of nitrogens with one attached hydrogen (secondary N) is 2. The molecule has 0 aliphatic carbocycles. The van der Waals surface area contributed by atoms with Crippen LogP contribution in [0.1, 0.15) is 12.0 Å². The minimum absolute atomic E-state index is 0.0578. The first-order chi connectivity index (χ1) is 9.42. The van der Waals surface area contributed by atoms with Crippen LogP contribution in [0, 0.1) is 5.82 Å². The number of carboxylic acid groups (broad SMARTS) is 1. The summed E-state index contributed by atoms with van der Waals surface area (Å²) in [5.74, 6) is -2.55. The van der Waals surface area contributed by atoms with E-state index in [-0.39, 0.29) is 17.7 Å². The van der Waals surface area contributed by atoms with Crippen molar-refractivity contribution in [3.05, 3.63) is 29.6 Å². The van der Waals surface area contributed by atoms with Crippen LogP contribution in [0.5, 0.6) is 5.75 Å². The normalized spacial score (nSPS) is 27.6. The van der Waals surface area contributed by atoms with Crippen molar-refractivity contribution in [1.29, 1.82) is 0 Å². The van der Waals surface area contributed by atoms with Gasteiger partial charge in [-0.15, -0.1) is 0 Å². The number of benzene rings is 1. The summed E-state index contributed by atoms with van der Waals surface area (Å²) in [6.07, 6.45) is -1.62. The summed E-state index contributed by atoms with van der Waals surface area (Å²) in [6, 6.07) is 2.62. The molecule has 20 heavy (non-hydrogen) atoms. The third-order valence-electron chi connectivity index (χ3n) is 3.38. The van der Waals surface area contributed by atoms with Gasteiger partial charge in [-0.3, -0.25) is 10.1 Å². The Morgan fingerprint density at radius 1 is 1.45 bits per heavy atom. The molecular weight excluding hydrogens is 271 g/mol. The Bertz CT molecular complexity index is 647. The third kappa shape index (κ3) is 1.61. The van der Waals surface area contributed by atoms with E-state index in [0.717, 1.165) is 12.1 Å². The van der Waals surface area contributed by atoms with E-state index in [1.165, 1.54) is 6.07 Å². The summed E-state index contributed by atoms with van der Waals surface area (Å²) in [5.41, 5.74) is -1.51. The van der Waals surface area contributed by atoms with E-state index in [0.29, 0.717) is 0 Å².